The van der Waals surface area contributed by atoms with Gasteiger partial charge in [0.2, 0.25) is 5.88 Å². The van der Waals surface area contributed by atoms with Crippen LogP contribution in [-0.4, -0.2) is 20.4 Å². The van der Waals surface area contributed by atoms with Crippen molar-refractivity contribution in [3.63, 3.8) is 0 Å². The zero-order valence-electron chi connectivity index (χ0n) is 17.9. The molecule has 1 amide bonds. The molecule has 32 heavy (non-hydrogen) atoms. The molecule has 3 aromatic heterocycles. The summed E-state index contributed by atoms with van der Waals surface area (Å²) in [7, 11) is 0. The Morgan fingerprint density at radius 3 is 2.59 bits per heavy atom. The molecule has 0 saturated heterocycles. The number of carbonyl (C=O) groups is 1. The van der Waals surface area contributed by atoms with E-state index in [1.807, 2.05) is 13.8 Å². The highest BCUT2D eigenvalue weighted by molar-refractivity contribution is 6.05. The molecule has 0 aliphatic rings. The van der Waals surface area contributed by atoms with E-state index in [2.05, 4.69) is 26.4 Å². The number of hydrogen-bond acceptors (Lipinski definition) is 4. The Hall–Kier alpha value is -4.00. The van der Waals surface area contributed by atoms with Gasteiger partial charge in [-0.15, -0.1) is 6.58 Å². The van der Waals surface area contributed by atoms with Gasteiger partial charge in [-0.2, -0.15) is 0 Å². The average Bonchev–Trinajstić information content (AvgIpc) is 3.04. The van der Waals surface area contributed by atoms with Crippen molar-refractivity contribution in [1.29, 1.82) is 0 Å². The van der Waals surface area contributed by atoms with E-state index >= 15 is 0 Å². The molecule has 1 N–H and O–H groups in total. The Morgan fingerprint density at radius 1 is 1.19 bits per heavy atom. The minimum atomic E-state index is -0.349. The van der Waals surface area contributed by atoms with E-state index in [1.165, 1.54) is 12.1 Å². The minimum Gasteiger partial charge on any atom is -0.471 e. The normalized spacial score (nSPS) is 10.8. The number of ether oxygens (including phenoxy) is 1. The van der Waals surface area contributed by atoms with Crippen LogP contribution < -0.4 is 10.1 Å². The minimum absolute atomic E-state index is 0.190. The number of allylic oxidation sites excluding steroid dienone is 1. The lowest BCUT2D eigenvalue weighted by molar-refractivity contribution is 0.102. The van der Waals surface area contributed by atoms with Crippen LogP contribution in [0.15, 0.2) is 67.5 Å². The summed E-state index contributed by atoms with van der Waals surface area (Å²) >= 11 is 0. The lowest BCUT2D eigenvalue weighted by atomic mass is 10.1. The monoisotopic (exact) mass is 430 g/mol. The molecule has 1 aromatic carbocycles. The number of nitrogens with one attached hydrogen (secondary N) is 1. The number of halogens is 1. The van der Waals surface area contributed by atoms with Gasteiger partial charge in [0.25, 0.3) is 5.91 Å². The molecule has 0 spiro atoms. The predicted molar refractivity (Wildman–Crippen MR) is 122 cm³/mol. The van der Waals surface area contributed by atoms with Gasteiger partial charge in [-0.1, -0.05) is 18.2 Å². The van der Waals surface area contributed by atoms with Crippen molar-refractivity contribution in [2.45, 2.75) is 27.0 Å². The third kappa shape index (κ3) is 4.23. The number of fused-ring (bicyclic) bond motifs is 1. The van der Waals surface area contributed by atoms with Crippen LogP contribution in [0.1, 0.15) is 27.3 Å². The maximum atomic E-state index is 13.2. The largest absolute Gasteiger partial charge is 0.471 e. The molecule has 0 unspecified atom stereocenters. The van der Waals surface area contributed by atoms with Crippen LogP contribution in [0.2, 0.25) is 0 Å². The van der Waals surface area contributed by atoms with Crippen molar-refractivity contribution in [3.8, 4) is 5.88 Å². The van der Waals surface area contributed by atoms with Gasteiger partial charge in [-0.05, 0) is 55.3 Å². The highest BCUT2D eigenvalue weighted by Crippen LogP contribution is 2.33. The molecule has 4 rings (SSSR count). The van der Waals surface area contributed by atoms with E-state index in [1.54, 1.807) is 48.8 Å². The molecular weight excluding hydrogens is 407 g/mol. The van der Waals surface area contributed by atoms with E-state index < -0.39 is 0 Å². The number of carbonyl (C=O) groups excluding carboxylic acids is 1. The quantitative estimate of drug-likeness (QED) is 0.409. The van der Waals surface area contributed by atoms with Gasteiger partial charge >= 0.3 is 0 Å². The first kappa shape index (κ1) is 21.2. The lowest BCUT2D eigenvalue weighted by Crippen LogP contribution is -2.15. The lowest BCUT2D eigenvalue weighted by Gasteiger charge is -2.12. The van der Waals surface area contributed by atoms with E-state index in [9.17, 15) is 9.18 Å². The molecule has 0 saturated carbocycles. The Kier molecular flexibility index (Phi) is 5.98. The second-order valence-corrected chi connectivity index (χ2v) is 7.42. The van der Waals surface area contributed by atoms with Gasteiger partial charge in [-0.3, -0.25) is 9.78 Å². The van der Waals surface area contributed by atoms with Crippen molar-refractivity contribution < 1.29 is 13.9 Å². The zero-order valence-corrected chi connectivity index (χ0v) is 17.9. The second kappa shape index (κ2) is 9.01. The van der Waals surface area contributed by atoms with E-state index in [4.69, 9.17) is 4.74 Å². The first-order chi connectivity index (χ1) is 15.5. The maximum absolute atomic E-state index is 13.2. The highest BCUT2D eigenvalue weighted by atomic mass is 19.1. The fraction of sp³-hybridized carbons (Fsp3) is 0.160. The Morgan fingerprint density at radius 2 is 1.91 bits per heavy atom. The summed E-state index contributed by atoms with van der Waals surface area (Å²) in [5.41, 5.74) is 4.53. The summed E-state index contributed by atoms with van der Waals surface area (Å²) in [6.07, 6.45) is 5.01. The number of anilines is 1. The van der Waals surface area contributed by atoms with Gasteiger partial charge < -0.3 is 14.6 Å². The SMILES string of the molecule is C=CCn1c(C)c(C)c2cc(C(=O)Nc3ccncc3)nc(OCc3ccc(F)cc3)c21. The Labute approximate surface area is 185 Å². The van der Waals surface area contributed by atoms with Crippen molar-refractivity contribution >= 4 is 22.5 Å². The molecule has 162 valence electrons. The molecule has 0 bridgehead atoms. The number of aromatic nitrogens is 3. The van der Waals surface area contributed by atoms with Gasteiger partial charge in [0.15, 0.2) is 0 Å². The number of benzene rings is 1. The third-order valence-electron chi connectivity index (χ3n) is 5.35. The van der Waals surface area contributed by atoms with Crippen molar-refractivity contribution in [2.24, 2.45) is 0 Å². The fourth-order valence-corrected chi connectivity index (χ4v) is 3.56. The number of nitrogens with zero attached hydrogens (tertiary/aromatic N) is 3. The van der Waals surface area contributed by atoms with Crippen LogP contribution in [0.3, 0.4) is 0 Å². The molecule has 0 radical (unpaired) electrons. The molecule has 3 heterocycles. The molecule has 0 aliphatic carbocycles. The van der Waals surface area contributed by atoms with E-state index in [-0.39, 0.29) is 24.0 Å². The molecule has 7 heteroatoms. The molecule has 0 aliphatic heterocycles. The summed E-state index contributed by atoms with van der Waals surface area (Å²) in [5.74, 6) is -0.321. The van der Waals surface area contributed by atoms with E-state index in [0.717, 1.165) is 27.7 Å². The van der Waals surface area contributed by atoms with E-state index in [0.29, 0.717) is 18.1 Å². The second-order valence-electron chi connectivity index (χ2n) is 7.42. The Bertz CT molecular complexity index is 1280. The highest BCUT2D eigenvalue weighted by Gasteiger charge is 2.20. The van der Waals surface area contributed by atoms with Crippen LogP contribution in [0, 0.1) is 19.7 Å². The Balaban J connectivity index is 1.76. The van der Waals surface area contributed by atoms with Crippen LogP contribution in [0.5, 0.6) is 5.88 Å². The maximum Gasteiger partial charge on any atom is 0.274 e. The predicted octanol–water partition coefficient (Wildman–Crippen LogP) is 5.20. The first-order valence-corrected chi connectivity index (χ1v) is 10.2. The molecule has 0 fully saturated rings. The summed E-state index contributed by atoms with van der Waals surface area (Å²) in [5, 5.41) is 3.72. The number of rotatable bonds is 7. The topological polar surface area (TPSA) is 69.0 Å². The van der Waals surface area contributed by atoms with Gasteiger partial charge in [-0.25, -0.2) is 9.37 Å². The van der Waals surface area contributed by atoms with Crippen LogP contribution >= 0.6 is 0 Å². The van der Waals surface area contributed by atoms with Crippen LogP contribution in [-0.2, 0) is 13.2 Å². The molecule has 6 nitrogen and oxygen atoms in total. The number of hydrogen-bond donors (Lipinski definition) is 1. The van der Waals surface area contributed by atoms with Gasteiger partial charge in [0.1, 0.15) is 23.6 Å². The number of pyridine rings is 2. The standard InChI is InChI=1S/C25H23FN4O2/c1-4-13-30-17(3)16(2)21-14-22(24(31)28-20-9-11-27-12-10-20)29-25(23(21)30)32-15-18-5-7-19(26)8-6-18/h4-12,14H,1,13,15H2,2-3H3,(H,27,28,31). The fourth-order valence-electron chi connectivity index (χ4n) is 3.56. The van der Waals surface area contributed by atoms with Crippen LogP contribution in [0.25, 0.3) is 10.9 Å². The average molecular weight is 430 g/mol. The summed E-state index contributed by atoms with van der Waals surface area (Å²) in [4.78, 5) is 21.4. The van der Waals surface area contributed by atoms with Gasteiger partial charge in [0.05, 0.1) is 0 Å². The molecule has 4 aromatic rings. The van der Waals surface area contributed by atoms with Crippen molar-refractivity contribution in [1.82, 2.24) is 14.5 Å². The summed E-state index contributed by atoms with van der Waals surface area (Å²) in [6.45, 7) is 8.64. The van der Waals surface area contributed by atoms with Crippen molar-refractivity contribution in [2.75, 3.05) is 5.32 Å². The molecule has 0 atom stereocenters. The van der Waals surface area contributed by atoms with Gasteiger partial charge in [0, 0.05) is 35.7 Å². The summed E-state index contributed by atoms with van der Waals surface area (Å²) in [6, 6.07) is 11.3. The van der Waals surface area contributed by atoms with Crippen molar-refractivity contribution in [3.05, 3.63) is 95.8 Å². The summed E-state index contributed by atoms with van der Waals surface area (Å²) < 4.78 is 21.4. The molecular formula is C25H23FN4O2. The smallest absolute Gasteiger partial charge is 0.274 e. The zero-order chi connectivity index (χ0) is 22.7. The number of aryl methyl sites for hydroxylation is 1. The third-order valence-corrected chi connectivity index (χ3v) is 5.35. The number of amides is 1. The van der Waals surface area contributed by atoms with Crippen LogP contribution in [0.4, 0.5) is 10.1 Å². The first-order valence-electron chi connectivity index (χ1n) is 10.2.